The molecule has 1 unspecified atom stereocenters. The number of hydrogen-bond donors (Lipinski definition) is 2. The van der Waals surface area contributed by atoms with Gasteiger partial charge in [-0.15, -0.1) is 11.8 Å². The highest BCUT2D eigenvalue weighted by Gasteiger charge is 2.41. The van der Waals surface area contributed by atoms with Gasteiger partial charge in [0.15, 0.2) is 6.10 Å². The zero-order valence-corrected chi connectivity index (χ0v) is 14.3. The molecule has 126 valence electrons. The van der Waals surface area contributed by atoms with Crippen molar-refractivity contribution in [3.8, 4) is 5.75 Å². The van der Waals surface area contributed by atoms with Crippen LogP contribution in [0.4, 0.5) is 0 Å². The van der Waals surface area contributed by atoms with Crippen molar-refractivity contribution >= 4 is 23.6 Å². The summed E-state index contributed by atoms with van der Waals surface area (Å²) in [6.07, 6.45) is 4.84. The summed E-state index contributed by atoms with van der Waals surface area (Å²) in [5.74, 6) is -0.746. The molecule has 0 radical (unpaired) electrons. The van der Waals surface area contributed by atoms with E-state index in [4.69, 9.17) is 4.74 Å². The van der Waals surface area contributed by atoms with Gasteiger partial charge in [0, 0.05) is 4.90 Å². The molecule has 1 amide bonds. The second-order valence-electron chi connectivity index (χ2n) is 5.87. The zero-order valence-electron chi connectivity index (χ0n) is 13.5. The maximum atomic E-state index is 12.3. The number of nitrogens with one attached hydrogen (secondary N) is 1. The van der Waals surface area contributed by atoms with E-state index in [1.54, 1.807) is 18.7 Å². The van der Waals surface area contributed by atoms with Gasteiger partial charge in [-0.25, -0.2) is 4.79 Å². The molecule has 0 saturated heterocycles. The van der Waals surface area contributed by atoms with Crippen molar-refractivity contribution in [3.63, 3.8) is 0 Å². The SMILES string of the molecule is CSc1ccc(OC(C)C(=O)NC2(C(=O)O)CCCCC2)cc1. The van der Waals surface area contributed by atoms with Crippen molar-refractivity contribution in [1.82, 2.24) is 5.32 Å². The number of thioether (sulfide) groups is 1. The number of carboxylic acid groups (broad SMARTS) is 1. The Labute approximate surface area is 140 Å². The molecule has 1 fully saturated rings. The fraction of sp³-hybridized carbons (Fsp3) is 0.529. The summed E-state index contributed by atoms with van der Waals surface area (Å²) in [5.41, 5.74) is -1.14. The van der Waals surface area contributed by atoms with Gasteiger partial charge in [-0.2, -0.15) is 0 Å². The molecule has 0 heterocycles. The topological polar surface area (TPSA) is 75.6 Å². The number of carbonyl (C=O) groups is 2. The van der Waals surface area contributed by atoms with Gasteiger partial charge in [0.2, 0.25) is 0 Å². The minimum atomic E-state index is -1.14. The van der Waals surface area contributed by atoms with Gasteiger partial charge in [-0.05, 0) is 50.3 Å². The molecule has 0 aliphatic heterocycles. The molecule has 1 aromatic carbocycles. The van der Waals surface area contributed by atoms with Crippen LogP contribution in [0.15, 0.2) is 29.2 Å². The van der Waals surface area contributed by atoms with Crippen LogP contribution in [-0.2, 0) is 9.59 Å². The summed E-state index contributed by atoms with van der Waals surface area (Å²) in [7, 11) is 0. The second kappa shape index (κ2) is 7.73. The summed E-state index contributed by atoms with van der Waals surface area (Å²) < 4.78 is 5.63. The molecular weight excluding hydrogens is 314 g/mol. The number of carbonyl (C=O) groups excluding carboxylic acids is 1. The minimum absolute atomic E-state index is 0.386. The van der Waals surface area contributed by atoms with E-state index in [0.29, 0.717) is 18.6 Å². The molecule has 0 aromatic heterocycles. The van der Waals surface area contributed by atoms with Crippen LogP contribution >= 0.6 is 11.8 Å². The first-order valence-corrected chi connectivity index (χ1v) is 9.05. The maximum Gasteiger partial charge on any atom is 0.329 e. The van der Waals surface area contributed by atoms with Crippen LogP contribution in [0.2, 0.25) is 0 Å². The van der Waals surface area contributed by atoms with E-state index in [9.17, 15) is 14.7 Å². The van der Waals surface area contributed by atoms with Gasteiger partial charge in [0.1, 0.15) is 11.3 Å². The Kier molecular flexibility index (Phi) is 5.93. The third-order valence-corrected chi connectivity index (χ3v) is 4.96. The van der Waals surface area contributed by atoms with E-state index in [2.05, 4.69) is 5.32 Å². The second-order valence-corrected chi connectivity index (χ2v) is 6.75. The first kappa shape index (κ1) is 17.7. The van der Waals surface area contributed by atoms with Crippen molar-refractivity contribution in [2.75, 3.05) is 6.26 Å². The molecule has 1 saturated carbocycles. The summed E-state index contributed by atoms with van der Waals surface area (Å²) in [6, 6.07) is 7.46. The molecule has 2 rings (SSSR count). The normalized spacial score (nSPS) is 18.0. The molecule has 2 N–H and O–H groups in total. The Hall–Kier alpha value is -1.69. The molecule has 5 nitrogen and oxygen atoms in total. The van der Waals surface area contributed by atoms with Gasteiger partial charge >= 0.3 is 5.97 Å². The average molecular weight is 337 g/mol. The molecule has 1 atom stereocenters. The van der Waals surface area contributed by atoms with Crippen molar-refractivity contribution < 1.29 is 19.4 Å². The quantitative estimate of drug-likeness (QED) is 0.780. The monoisotopic (exact) mass is 337 g/mol. The van der Waals surface area contributed by atoms with Crippen molar-refractivity contribution in [1.29, 1.82) is 0 Å². The Morgan fingerprint density at radius 2 is 1.83 bits per heavy atom. The highest BCUT2D eigenvalue weighted by atomic mass is 32.2. The molecule has 1 aromatic rings. The van der Waals surface area contributed by atoms with Gasteiger partial charge in [0.25, 0.3) is 5.91 Å². The van der Waals surface area contributed by atoms with Gasteiger partial charge in [-0.1, -0.05) is 19.3 Å². The molecule has 1 aliphatic carbocycles. The maximum absolute atomic E-state index is 12.3. The van der Waals surface area contributed by atoms with Crippen molar-refractivity contribution in [2.45, 2.75) is 55.6 Å². The Morgan fingerprint density at radius 3 is 2.35 bits per heavy atom. The number of rotatable bonds is 6. The van der Waals surface area contributed by atoms with Crippen LogP contribution in [0.25, 0.3) is 0 Å². The zero-order chi connectivity index (χ0) is 16.9. The molecule has 6 heteroatoms. The first-order valence-electron chi connectivity index (χ1n) is 7.83. The van der Waals surface area contributed by atoms with Crippen LogP contribution in [0.5, 0.6) is 5.75 Å². The predicted octanol–water partition coefficient (Wildman–Crippen LogP) is 3.08. The Bertz CT molecular complexity index is 552. The van der Waals surface area contributed by atoms with Gasteiger partial charge in [0.05, 0.1) is 0 Å². The number of aliphatic carboxylic acids is 1. The fourth-order valence-corrected chi connectivity index (χ4v) is 3.21. The molecule has 0 bridgehead atoms. The summed E-state index contributed by atoms with van der Waals surface area (Å²) in [5, 5.41) is 12.2. The van der Waals surface area contributed by atoms with E-state index in [0.717, 1.165) is 24.2 Å². The lowest BCUT2D eigenvalue weighted by Crippen LogP contribution is -2.58. The molecular formula is C17H23NO4S. The number of hydrogen-bond acceptors (Lipinski definition) is 4. The van der Waals surface area contributed by atoms with Crippen LogP contribution < -0.4 is 10.1 Å². The largest absolute Gasteiger partial charge is 0.481 e. The summed E-state index contributed by atoms with van der Waals surface area (Å²) in [4.78, 5) is 25.1. The lowest BCUT2D eigenvalue weighted by atomic mass is 9.81. The lowest BCUT2D eigenvalue weighted by molar-refractivity contribution is -0.150. The van der Waals surface area contributed by atoms with E-state index in [-0.39, 0.29) is 5.91 Å². The molecule has 0 spiro atoms. The Morgan fingerprint density at radius 1 is 1.22 bits per heavy atom. The van der Waals surface area contributed by atoms with Crippen molar-refractivity contribution in [2.24, 2.45) is 0 Å². The van der Waals surface area contributed by atoms with E-state index in [1.807, 2.05) is 30.5 Å². The van der Waals surface area contributed by atoms with E-state index in [1.165, 1.54) is 0 Å². The Balaban J connectivity index is 1.99. The van der Waals surface area contributed by atoms with Crippen LogP contribution in [-0.4, -0.2) is 34.9 Å². The smallest absolute Gasteiger partial charge is 0.329 e. The first-order chi connectivity index (χ1) is 11.0. The third-order valence-electron chi connectivity index (χ3n) is 4.22. The number of ether oxygens (including phenoxy) is 1. The third kappa shape index (κ3) is 4.41. The van der Waals surface area contributed by atoms with Crippen LogP contribution in [0.1, 0.15) is 39.0 Å². The number of carboxylic acids is 1. The highest BCUT2D eigenvalue weighted by molar-refractivity contribution is 7.98. The summed E-state index contributed by atoms with van der Waals surface area (Å²) in [6.45, 7) is 1.64. The van der Waals surface area contributed by atoms with Crippen molar-refractivity contribution in [3.05, 3.63) is 24.3 Å². The number of benzene rings is 1. The lowest BCUT2D eigenvalue weighted by Gasteiger charge is -2.34. The number of amides is 1. The van der Waals surface area contributed by atoms with Crippen LogP contribution in [0, 0.1) is 0 Å². The summed E-state index contributed by atoms with van der Waals surface area (Å²) >= 11 is 1.63. The van der Waals surface area contributed by atoms with Gasteiger partial charge in [-0.3, -0.25) is 4.79 Å². The standard InChI is InChI=1S/C17H23NO4S/c1-12(22-13-6-8-14(23-2)9-7-13)15(19)18-17(16(20)21)10-4-3-5-11-17/h6-9,12H,3-5,10-11H2,1-2H3,(H,18,19)(H,20,21). The van der Waals surface area contributed by atoms with Crippen LogP contribution in [0.3, 0.4) is 0 Å². The average Bonchev–Trinajstić information content (AvgIpc) is 2.56. The van der Waals surface area contributed by atoms with E-state index < -0.39 is 17.6 Å². The fourth-order valence-electron chi connectivity index (χ4n) is 2.80. The minimum Gasteiger partial charge on any atom is -0.481 e. The highest BCUT2D eigenvalue weighted by Crippen LogP contribution is 2.29. The van der Waals surface area contributed by atoms with E-state index >= 15 is 0 Å². The predicted molar refractivity (Wildman–Crippen MR) is 89.9 cm³/mol. The molecule has 1 aliphatic rings. The molecule has 23 heavy (non-hydrogen) atoms. The van der Waals surface area contributed by atoms with Gasteiger partial charge < -0.3 is 15.2 Å².